The Morgan fingerprint density at radius 2 is 2.14 bits per heavy atom. The van der Waals surface area contributed by atoms with Crippen molar-refractivity contribution >= 4 is 43.8 Å². The number of alkyl halides is 1. The summed E-state index contributed by atoms with van der Waals surface area (Å²) in [5.41, 5.74) is 0.787. The molecule has 0 N–H and O–H groups in total. The van der Waals surface area contributed by atoms with Gasteiger partial charge in [0.1, 0.15) is 5.52 Å². The minimum atomic E-state index is -1.14. The molecule has 22 heavy (non-hydrogen) atoms. The second-order valence-corrected chi connectivity index (χ2v) is 7.10. The third-order valence-electron chi connectivity index (χ3n) is 3.23. The first-order valence-electron chi connectivity index (χ1n) is 6.31. The van der Waals surface area contributed by atoms with Crippen LogP contribution in [0, 0.1) is 0 Å². The van der Waals surface area contributed by atoms with Crippen LogP contribution in [0.2, 0.25) is 0 Å². The second-order valence-electron chi connectivity index (χ2n) is 4.60. The minimum absolute atomic E-state index is 0.0838. The summed E-state index contributed by atoms with van der Waals surface area (Å²) in [6.07, 6.45) is 3.29. The lowest BCUT2D eigenvalue weighted by atomic mass is 10.3. The topological polar surface area (TPSA) is 56.4 Å². The molecule has 0 aliphatic rings. The van der Waals surface area contributed by atoms with Crippen LogP contribution in [0.4, 0.5) is 0 Å². The van der Waals surface area contributed by atoms with E-state index in [0.29, 0.717) is 26.4 Å². The SMILES string of the molecule is CS(=O)c1cccc(-n2c(CCl)nn3ccc(Br)c3c2=O)c1. The van der Waals surface area contributed by atoms with Crippen LogP contribution in [0.5, 0.6) is 0 Å². The fraction of sp³-hybridized carbons (Fsp3) is 0.143. The summed E-state index contributed by atoms with van der Waals surface area (Å²) in [6, 6.07) is 8.74. The molecule has 0 amide bonds. The molecule has 0 bridgehead atoms. The number of rotatable bonds is 3. The molecule has 3 aromatic rings. The summed E-state index contributed by atoms with van der Waals surface area (Å²) in [5.74, 6) is 0.502. The Morgan fingerprint density at radius 1 is 1.36 bits per heavy atom. The van der Waals surface area contributed by atoms with Crippen LogP contribution < -0.4 is 5.56 Å². The van der Waals surface area contributed by atoms with E-state index in [-0.39, 0.29) is 11.4 Å². The summed E-state index contributed by atoms with van der Waals surface area (Å²) >= 11 is 9.31. The number of nitrogens with zero attached hydrogens (tertiary/aromatic N) is 3. The molecule has 3 rings (SSSR count). The van der Waals surface area contributed by atoms with Gasteiger partial charge < -0.3 is 0 Å². The van der Waals surface area contributed by atoms with Gasteiger partial charge in [-0.1, -0.05) is 6.07 Å². The van der Waals surface area contributed by atoms with Gasteiger partial charge in [-0.15, -0.1) is 11.6 Å². The number of fused-ring (bicyclic) bond motifs is 1. The van der Waals surface area contributed by atoms with Crippen LogP contribution in [0.1, 0.15) is 5.82 Å². The quantitative estimate of drug-likeness (QED) is 0.635. The van der Waals surface area contributed by atoms with Crippen LogP contribution >= 0.6 is 27.5 Å². The zero-order chi connectivity index (χ0) is 15.9. The van der Waals surface area contributed by atoms with Gasteiger partial charge in [-0.05, 0) is 40.2 Å². The summed E-state index contributed by atoms with van der Waals surface area (Å²) in [6.45, 7) is 0. The fourth-order valence-corrected chi connectivity index (χ4v) is 3.43. The molecule has 2 heterocycles. The highest BCUT2D eigenvalue weighted by molar-refractivity contribution is 9.10. The molecule has 1 unspecified atom stereocenters. The van der Waals surface area contributed by atoms with E-state index in [9.17, 15) is 9.00 Å². The first-order chi connectivity index (χ1) is 10.5. The van der Waals surface area contributed by atoms with E-state index in [1.54, 1.807) is 42.8 Å². The van der Waals surface area contributed by atoms with Gasteiger partial charge in [0, 0.05) is 28.1 Å². The maximum atomic E-state index is 12.8. The molecular weight excluding hydrogens is 390 g/mol. The lowest BCUT2D eigenvalue weighted by Gasteiger charge is -2.12. The Kier molecular flexibility index (Phi) is 4.20. The van der Waals surface area contributed by atoms with Crippen LogP contribution in [-0.2, 0) is 16.7 Å². The molecule has 1 atom stereocenters. The maximum Gasteiger partial charge on any atom is 0.283 e. The van der Waals surface area contributed by atoms with E-state index in [0.717, 1.165) is 0 Å². The van der Waals surface area contributed by atoms with Crippen molar-refractivity contribution in [3.63, 3.8) is 0 Å². The third-order valence-corrected chi connectivity index (χ3v) is 5.03. The van der Waals surface area contributed by atoms with Crippen LogP contribution in [0.15, 0.2) is 50.7 Å². The van der Waals surface area contributed by atoms with E-state index in [1.807, 2.05) is 0 Å². The minimum Gasteiger partial charge on any atom is -0.266 e. The van der Waals surface area contributed by atoms with E-state index in [2.05, 4.69) is 21.0 Å². The monoisotopic (exact) mass is 399 g/mol. The molecule has 0 aliphatic heterocycles. The molecular formula is C14H11BrClN3O2S. The average Bonchev–Trinajstić information content (AvgIpc) is 2.88. The molecule has 0 radical (unpaired) electrons. The van der Waals surface area contributed by atoms with Gasteiger partial charge in [-0.2, -0.15) is 5.10 Å². The molecule has 0 spiro atoms. The van der Waals surface area contributed by atoms with Crippen LogP contribution in [0.25, 0.3) is 11.2 Å². The number of aromatic nitrogens is 3. The van der Waals surface area contributed by atoms with Crippen LogP contribution in [-0.4, -0.2) is 24.6 Å². The van der Waals surface area contributed by atoms with Crippen LogP contribution in [0.3, 0.4) is 0 Å². The number of hydrogen-bond donors (Lipinski definition) is 0. The molecule has 5 nitrogen and oxygen atoms in total. The average molecular weight is 401 g/mol. The largest absolute Gasteiger partial charge is 0.283 e. The number of halogens is 2. The van der Waals surface area contributed by atoms with E-state index >= 15 is 0 Å². The predicted molar refractivity (Wildman–Crippen MR) is 90.4 cm³/mol. The Labute approximate surface area is 142 Å². The second kappa shape index (κ2) is 5.98. The van der Waals surface area contributed by atoms with Crippen molar-refractivity contribution in [2.45, 2.75) is 10.8 Å². The predicted octanol–water partition coefficient (Wildman–Crippen LogP) is 2.72. The fourth-order valence-electron chi connectivity index (χ4n) is 2.23. The smallest absolute Gasteiger partial charge is 0.266 e. The van der Waals surface area contributed by atoms with Crippen molar-refractivity contribution in [2.24, 2.45) is 0 Å². The summed E-state index contributed by atoms with van der Waals surface area (Å²) in [5, 5.41) is 4.37. The van der Waals surface area contributed by atoms with Gasteiger partial charge in [0.2, 0.25) is 0 Å². The van der Waals surface area contributed by atoms with Gasteiger partial charge in [0.05, 0.1) is 16.0 Å². The van der Waals surface area contributed by atoms with Gasteiger partial charge in [-0.3, -0.25) is 13.6 Å². The third kappa shape index (κ3) is 2.53. The normalized spacial score (nSPS) is 12.7. The summed E-state index contributed by atoms with van der Waals surface area (Å²) in [4.78, 5) is 13.4. The van der Waals surface area contributed by atoms with Gasteiger partial charge >= 0.3 is 0 Å². The Hall–Kier alpha value is -1.44. The standard InChI is InChI=1S/C14H11BrClN3O2S/c1-22(21)10-4-2-3-9(7-10)19-12(8-16)17-18-6-5-11(15)13(18)14(19)20/h2-7H,8H2,1H3. The summed E-state index contributed by atoms with van der Waals surface area (Å²) in [7, 11) is -1.14. The molecule has 0 saturated heterocycles. The van der Waals surface area contributed by atoms with Crippen molar-refractivity contribution < 1.29 is 4.21 Å². The van der Waals surface area contributed by atoms with Crippen molar-refractivity contribution in [1.29, 1.82) is 0 Å². The van der Waals surface area contributed by atoms with Gasteiger partial charge in [0.15, 0.2) is 5.82 Å². The first kappa shape index (κ1) is 15.5. The molecule has 114 valence electrons. The number of benzene rings is 1. The lowest BCUT2D eigenvalue weighted by molar-refractivity contribution is 0.686. The van der Waals surface area contributed by atoms with Crippen molar-refractivity contribution in [3.05, 3.63) is 57.2 Å². The Balaban J connectivity index is 2.36. The Morgan fingerprint density at radius 3 is 2.82 bits per heavy atom. The number of hydrogen-bond acceptors (Lipinski definition) is 3. The highest BCUT2D eigenvalue weighted by atomic mass is 79.9. The highest BCUT2D eigenvalue weighted by Crippen LogP contribution is 2.18. The summed E-state index contributed by atoms with van der Waals surface area (Å²) < 4.78 is 15.3. The van der Waals surface area contributed by atoms with Crippen molar-refractivity contribution in [2.75, 3.05) is 6.26 Å². The lowest BCUT2D eigenvalue weighted by Crippen LogP contribution is -2.26. The Bertz CT molecular complexity index is 951. The molecule has 2 aromatic heterocycles. The maximum absolute atomic E-state index is 12.8. The van der Waals surface area contributed by atoms with E-state index in [4.69, 9.17) is 11.6 Å². The highest BCUT2D eigenvalue weighted by Gasteiger charge is 2.15. The molecule has 0 fully saturated rings. The molecule has 0 aliphatic carbocycles. The van der Waals surface area contributed by atoms with Gasteiger partial charge in [-0.25, -0.2) is 4.52 Å². The van der Waals surface area contributed by atoms with Crippen molar-refractivity contribution in [3.8, 4) is 5.69 Å². The van der Waals surface area contributed by atoms with E-state index < -0.39 is 10.8 Å². The van der Waals surface area contributed by atoms with E-state index in [1.165, 1.54) is 9.08 Å². The van der Waals surface area contributed by atoms with Crippen molar-refractivity contribution in [1.82, 2.24) is 14.2 Å². The first-order valence-corrected chi connectivity index (χ1v) is 9.20. The zero-order valence-corrected chi connectivity index (χ0v) is 14.7. The van der Waals surface area contributed by atoms with Gasteiger partial charge in [0.25, 0.3) is 5.56 Å². The molecule has 0 saturated carbocycles. The molecule has 8 heteroatoms. The molecule has 1 aromatic carbocycles. The zero-order valence-electron chi connectivity index (χ0n) is 11.5.